The molecule has 0 aromatic carbocycles. The van der Waals surface area contributed by atoms with Crippen molar-refractivity contribution in [3.8, 4) is 0 Å². The van der Waals surface area contributed by atoms with Crippen molar-refractivity contribution >= 4 is 76.1 Å². The molecule has 53 heavy (non-hydrogen) atoms. The number of phosphoric ester groups is 3. The molecule has 2 aromatic rings. The third-order valence-corrected chi connectivity index (χ3v) is 10.3. The number of carbonyl (C=O) groups is 4. The summed E-state index contributed by atoms with van der Waals surface area (Å²) in [6.45, 7) is -0.385. The van der Waals surface area contributed by atoms with Crippen LogP contribution in [0.1, 0.15) is 26.5 Å². The van der Waals surface area contributed by atoms with Gasteiger partial charge in [-0.3, -0.25) is 28.1 Å². The Morgan fingerprint density at radius 1 is 1.11 bits per heavy atom. The second-order valence-electron chi connectivity index (χ2n) is 11.0. The van der Waals surface area contributed by atoms with Crippen molar-refractivity contribution in [3.63, 3.8) is 0 Å². The Morgan fingerprint density at radius 3 is 2.38 bits per heavy atom. The van der Waals surface area contributed by atoms with Crippen molar-refractivity contribution in [2.24, 2.45) is 5.41 Å². The van der Waals surface area contributed by atoms with Gasteiger partial charge in [-0.15, -0.1) is 0 Å². The first-order valence-corrected chi connectivity index (χ1v) is 19.9. The lowest BCUT2D eigenvalue weighted by Crippen LogP contribution is -2.46. The highest BCUT2D eigenvalue weighted by atomic mass is 32.2. The Balaban J connectivity index is 0.00000313. The van der Waals surface area contributed by atoms with Crippen molar-refractivity contribution in [1.82, 2.24) is 30.2 Å². The SMILES string of the molecule is CC(C)(COP(=O)([O-])OP(=O)([O-])OC[C@H]1O[C@@H](n2cnc3c(N)ncnc32)[C@H](O)[C@@H]1OP(=O)([O-])[O-])[C@@H](O)C(=O)NCCC(=O)NCCSC=O.O=C[O-]. The molecule has 7 atom stereocenters. The van der Waals surface area contributed by atoms with E-state index in [4.69, 9.17) is 20.4 Å². The Hall–Kier alpha value is -2.97. The van der Waals surface area contributed by atoms with Gasteiger partial charge in [0.05, 0.1) is 27.4 Å². The van der Waals surface area contributed by atoms with Crippen LogP contribution in [0.2, 0.25) is 0 Å². The molecular formula is C23H33N7O19P3S-5. The largest absolute Gasteiger partial charge is 0.790 e. The van der Waals surface area contributed by atoms with Gasteiger partial charge in [-0.05, 0) is 0 Å². The molecule has 1 aliphatic heterocycles. The summed E-state index contributed by atoms with van der Waals surface area (Å²) in [5, 5.41) is 34.2. The number of nitrogens with two attached hydrogens (primary N) is 1. The highest BCUT2D eigenvalue weighted by Gasteiger charge is 2.47. The van der Waals surface area contributed by atoms with Crippen LogP contribution in [-0.2, 0) is 55.5 Å². The fraction of sp³-hybridized carbons (Fsp3) is 0.609. The number of aliphatic hydroxyl groups is 2. The van der Waals surface area contributed by atoms with Crippen LogP contribution >= 0.6 is 35.2 Å². The average molecular weight is 837 g/mol. The molecular weight excluding hydrogens is 803 g/mol. The number of nitrogen functional groups attached to an aromatic ring is 1. The maximum absolute atomic E-state index is 12.4. The van der Waals surface area contributed by atoms with Gasteiger partial charge in [-0.2, -0.15) is 0 Å². The van der Waals surface area contributed by atoms with E-state index in [1.807, 2.05) is 0 Å². The van der Waals surface area contributed by atoms with E-state index in [0.717, 1.165) is 29.0 Å². The maximum Gasteiger partial charge on any atom is 0.274 e. The number of fused-ring (bicyclic) bond motifs is 1. The zero-order valence-electron chi connectivity index (χ0n) is 27.4. The number of hydrogen-bond donors (Lipinski definition) is 5. The van der Waals surface area contributed by atoms with Gasteiger partial charge in [0, 0.05) is 37.2 Å². The number of rotatable bonds is 20. The highest BCUT2D eigenvalue weighted by Crippen LogP contribution is 2.56. The Kier molecular flexibility index (Phi) is 17.5. The summed E-state index contributed by atoms with van der Waals surface area (Å²) in [4.78, 5) is 102. The second kappa shape index (κ2) is 20.1. The highest BCUT2D eigenvalue weighted by molar-refractivity contribution is 8.11. The predicted octanol–water partition coefficient (Wildman–Crippen LogP) is -5.83. The number of imidazole rings is 1. The molecule has 2 unspecified atom stereocenters. The number of carboxylic acid groups (broad SMARTS) is 1. The molecule has 2 aromatic heterocycles. The monoisotopic (exact) mass is 836 g/mol. The molecule has 1 aliphatic rings. The topological polar surface area (TPSA) is 415 Å². The molecule has 0 radical (unpaired) electrons. The van der Waals surface area contributed by atoms with Gasteiger partial charge in [0.1, 0.15) is 36.3 Å². The van der Waals surface area contributed by atoms with E-state index in [-0.39, 0.29) is 36.5 Å². The van der Waals surface area contributed by atoms with E-state index in [2.05, 4.69) is 43.5 Å². The van der Waals surface area contributed by atoms with E-state index in [1.54, 1.807) is 0 Å². The number of anilines is 1. The molecule has 6 N–H and O–H groups in total. The third-order valence-electron chi connectivity index (χ3n) is 6.66. The van der Waals surface area contributed by atoms with Crippen LogP contribution in [0.4, 0.5) is 5.82 Å². The molecule has 0 spiro atoms. The van der Waals surface area contributed by atoms with Crippen LogP contribution in [0.25, 0.3) is 11.2 Å². The first-order chi connectivity index (χ1) is 24.6. The summed E-state index contributed by atoms with van der Waals surface area (Å²) in [7, 11) is -17.6. The number of thioether (sulfide) groups is 1. The Bertz CT molecular complexity index is 1710. The molecule has 0 bridgehead atoms. The van der Waals surface area contributed by atoms with Crippen molar-refractivity contribution in [3.05, 3.63) is 12.7 Å². The Labute approximate surface area is 303 Å². The quantitative estimate of drug-likeness (QED) is 0.0471. The molecule has 30 heteroatoms. The van der Waals surface area contributed by atoms with Crippen LogP contribution < -0.4 is 41.0 Å². The van der Waals surface area contributed by atoms with Gasteiger partial charge in [0.15, 0.2) is 23.3 Å². The van der Waals surface area contributed by atoms with Crippen molar-refractivity contribution < 1.29 is 90.4 Å². The Morgan fingerprint density at radius 2 is 1.75 bits per heavy atom. The van der Waals surface area contributed by atoms with E-state index < -0.39 is 91.0 Å². The number of nitrogens with zero attached hydrogens (tertiary/aromatic N) is 4. The lowest BCUT2D eigenvalue weighted by Gasteiger charge is -2.36. The number of aromatic nitrogens is 4. The van der Waals surface area contributed by atoms with Gasteiger partial charge in [0.25, 0.3) is 15.6 Å². The standard InChI is InChI=1S/C22H36N7O17P3S.CH2O2/c1-22(2,17(33)20(34)25-4-3-13(31)24-5-6-50-11-30)8-43-49(40,41)46-48(38,39)42-7-12-16(45-47(35,36)37)15(32)21(44-12)29-10-28-14-18(23)26-9-27-19(14)29;2-1-3/h9-12,15-17,21,32-33H,3-8H2,1-2H3,(H,24,31)(H,25,34)(H,38,39)(H,40,41)(H2,23,26,27)(H2,35,36,37);1H,(H,2,3)/p-5/t12-,15-,16-,17+,21-;/m1./s1. The minimum absolute atomic E-state index is 0.0209. The van der Waals surface area contributed by atoms with Crippen LogP contribution in [0, 0.1) is 5.41 Å². The van der Waals surface area contributed by atoms with E-state index in [9.17, 15) is 57.9 Å². The number of amides is 2. The van der Waals surface area contributed by atoms with Crippen LogP contribution in [0.5, 0.6) is 0 Å². The lowest BCUT2D eigenvalue weighted by molar-refractivity contribution is -0.347. The third kappa shape index (κ3) is 14.7. The zero-order valence-corrected chi connectivity index (χ0v) is 30.9. The minimum atomic E-state index is -5.90. The molecule has 1 saturated heterocycles. The number of hydrogen-bond acceptors (Lipinski definition) is 24. The van der Waals surface area contributed by atoms with Crippen LogP contribution in [0.15, 0.2) is 12.7 Å². The zero-order chi connectivity index (χ0) is 40.2. The van der Waals surface area contributed by atoms with Gasteiger partial charge in [-0.25, -0.2) is 19.3 Å². The van der Waals surface area contributed by atoms with Gasteiger partial charge in [0.2, 0.25) is 11.8 Å². The molecule has 2 amide bonds. The predicted molar refractivity (Wildman–Crippen MR) is 166 cm³/mol. The lowest BCUT2D eigenvalue weighted by atomic mass is 9.87. The number of carbonyl (C=O) groups excluding carboxylic acids is 4. The fourth-order valence-electron chi connectivity index (χ4n) is 4.21. The number of nitrogens with one attached hydrogen (secondary N) is 2. The molecule has 0 saturated carbocycles. The van der Waals surface area contributed by atoms with Crippen LogP contribution in [-0.4, -0.2) is 110 Å². The van der Waals surface area contributed by atoms with Crippen molar-refractivity contribution in [1.29, 1.82) is 0 Å². The summed E-state index contributed by atoms with van der Waals surface area (Å²) in [6, 6.07) is 0. The second-order valence-corrected chi connectivity index (χ2v) is 16.0. The van der Waals surface area contributed by atoms with Gasteiger partial charge < -0.3 is 78.9 Å². The first kappa shape index (κ1) is 46.2. The summed E-state index contributed by atoms with van der Waals surface area (Å²) in [5.74, 6) is -1.20. The fourth-order valence-corrected chi connectivity index (χ4v) is 7.27. The molecule has 300 valence electrons. The van der Waals surface area contributed by atoms with Crippen LogP contribution in [0.3, 0.4) is 0 Å². The maximum atomic E-state index is 12.4. The van der Waals surface area contributed by atoms with Gasteiger partial charge in [-0.1, -0.05) is 25.6 Å². The normalized spacial score (nSPS) is 21.7. The molecule has 3 heterocycles. The summed E-state index contributed by atoms with van der Waals surface area (Å²) in [5.41, 5.74) is 4.68. The molecule has 3 rings (SSSR count). The number of ether oxygens (including phenoxy) is 1. The van der Waals surface area contributed by atoms with E-state index in [0.29, 0.717) is 11.4 Å². The van der Waals surface area contributed by atoms with Crippen molar-refractivity contribution in [2.75, 3.05) is 37.8 Å². The summed E-state index contributed by atoms with van der Waals surface area (Å²) >= 11 is 0.949. The molecule has 1 fully saturated rings. The van der Waals surface area contributed by atoms with Gasteiger partial charge >= 0.3 is 0 Å². The minimum Gasteiger partial charge on any atom is -0.790 e. The smallest absolute Gasteiger partial charge is 0.274 e. The summed E-state index contributed by atoms with van der Waals surface area (Å²) in [6.07, 6.45) is -7.55. The van der Waals surface area contributed by atoms with Crippen molar-refractivity contribution in [2.45, 2.75) is 50.9 Å². The number of phosphoric acid groups is 3. The first-order valence-electron chi connectivity index (χ1n) is 14.5. The van der Waals surface area contributed by atoms with E-state index in [1.165, 1.54) is 13.8 Å². The average Bonchev–Trinajstić information content (AvgIpc) is 3.61. The summed E-state index contributed by atoms with van der Waals surface area (Å²) < 4.78 is 60.1. The van der Waals surface area contributed by atoms with E-state index >= 15 is 0 Å². The number of aliphatic hydroxyl groups excluding tert-OH is 2. The molecule has 0 aliphatic carbocycles. The molecule has 26 nitrogen and oxygen atoms in total.